The highest BCUT2D eigenvalue weighted by atomic mass is 15.2. The highest BCUT2D eigenvalue weighted by Gasteiger charge is 2.21. The van der Waals surface area contributed by atoms with E-state index in [1.54, 1.807) is 12.4 Å². The molecule has 1 aliphatic rings. The van der Waals surface area contributed by atoms with Crippen molar-refractivity contribution >= 4 is 11.5 Å². The lowest BCUT2D eigenvalue weighted by Crippen LogP contribution is -2.30. The smallest absolute Gasteiger partial charge is 0.147 e. The molecule has 124 valence electrons. The number of rotatable bonds is 5. The second-order valence-electron chi connectivity index (χ2n) is 5.67. The van der Waals surface area contributed by atoms with Crippen LogP contribution in [0.5, 0.6) is 0 Å². The number of hydrogen-bond acceptors (Lipinski definition) is 5. The lowest BCUT2D eigenvalue weighted by atomic mass is 10.1. The van der Waals surface area contributed by atoms with E-state index >= 15 is 0 Å². The van der Waals surface area contributed by atoms with Crippen molar-refractivity contribution in [1.29, 1.82) is 0 Å². The van der Waals surface area contributed by atoms with E-state index in [9.17, 15) is 0 Å². The SMILES string of the molecule is CCNC/C=C(\C)NC1=NC(c2ccncc2)Nc2ccccc21. The molecular weight excluding hydrogens is 298 g/mol. The first-order valence-electron chi connectivity index (χ1n) is 8.26. The quantitative estimate of drug-likeness (QED) is 0.741. The number of nitrogens with zero attached hydrogens (tertiary/aromatic N) is 2. The maximum atomic E-state index is 4.87. The zero-order valence-corrected chi connectivity index (χ0v) is 14.1. The predicted molar refractivity (Wildman–Crippen MR) is 99.0 cm³/mol. The molecule has 0 radical (unpaired) electrons. The van der Waals surface area contributed by atoms with E-state index in [1.165, 1.54) is 0 Å². The first-order valence-corrected chi connectivity index (χ1v) is 8.26. The summed E-state index contributed by atoms with van der Waals surface area (Å²) in [6.45, 7) is 5.97. The zero-order valence-electron chi connectivity index (χ0n) is 14.1. The van der Waals surface area contributed by atoms with Gasteiger partial charge < -0.3 is 16.0 Å². The van der Waals surface area contributed by atoms with Gasteiger partial charge in [-0.3, -0.25) is 4.98 Å². The third-order valence-corrected chi connectivity index (χ3v) is 3.87. The Hall–Kier alpha value is -2.66. The minimum absolute atomic E-state index is 0.119. The molecule has 1 aliphatic heterocycles. The Balaban J connectivity index is 1.88. The number of allylic oxidation sites excluding steroid dienone is 1. The number of amidine groups is 1. The van der Waals surface area contributed by atoms with Crippen LogP contribution in [0.25, 0.3) is 0 Å². The van der Waals surface area contributed by atoms with Crippen molar-refractivity contribution in [2.75, 3.05) is 18.4 Å². The fourth-order valence-corrected chi connectivity index (χ4v) is 2.60. The lowest BCUT2D eigenvalue weighted by molar-refractivity contribution is 0.789. The summed E-state index contributed by atoms with van der Waals surface area (Å²) in [4.78, 5) is 8.95. The topological polar surface area (TPSA) is 61.3 Å². The van der Waals surface area contributed by atoms with Crippen LogP contribution in [0.3, 0.4) is 0 Å². The molecular formula is C19H23N5. The van der Waals surface area contributed by atoms with Crippen LogP contribution in [-0.4, -0.2) is 23.9 Å². The van der Waals surface area contributed by atoms with Gasteiger partial charge in [0.2, 0.25) is 0 Å². The van der Waals surface area contributed by atoms with Crippen LogP contribution in [-0.2, 0) is 0 Å². The molecule has 0 bridgehead atoms. The third kappa shape index (κ3) is 3.81. The van der Waals surface area contributed by atoms with E-state index in [-0.39, 0.29) is 6.17 Å². The molecule has 0 amide bonds. The molecule has 1 aromatic carbocycles. The monoisotopic (exact) mass is 321 g/mol. The number of pyridine rings is 1. The van der Waals surface area contributed by atoms with E-state index in [0.29, 0.717) is 0 Å². The highest BCUT2D eigenvalue weighted by Crippen LogP contribution is 2.28. The van der Waals surface area contributed by atoms with Crippen LogP contribution in [0.1, 0.15) is 31.1 Å². The van der Waals surface area contributed by atoms with Gasteiger partial charge in [0.25, 0.3) is 0 Å². The van der Waals surface area contributed by atoms with Gasteiger partial charge in [0.1, 0.15) is 12.0 Å². The molecule has 1 aromatic heterocycles. The molecule has 3 rings (SSSR count). The van der Waals surface area contributed by atoms with Gasteiger partial charge in [-0.2, -0.15) is 0 Å². The number of fused-ring (bicyclic) bond motifs is 1. The van der Waals surface area contributed by atoms with E-state index in [4.69, 9.17) is 4.99 Å². The number of aromatic nitrogens is 1. The Morgan fingerprint density at radius 3 is 2.79 bits per heavy atom. The molecule has 2 heterocycles. The maximum absolute atomic E-state index is 4.87. The van der Waals surface area contributed by atoms with Crippen LogP contribution in [0.15, 0.2) is 65.6 Å². The average Bonchev–Trinajstić information content (AvgIpc) is 2.62. The number of hydrogen-bond donors (Lipinski definition) is 3. The number of para-hydroxylation sites is 1. The summed E-state index contributed by atoms with van der Waals surface area (Å²) in [5.41, 5.74) is 4.34. The summed E-state index contributed by atoms with van der Waals surface area (Å²) in [6, 6.07) is 12.2. The molecule has 0 saturated carbocycles. The lowest BCUT2D eigenvalue weighted by Gasteiger charge is -2.26. The number of aliphatic imine (C=N–C) groups is 1. The molecule has 1 atom stereocenters. The van der Waals surface area contributed by atoms with Gasteiger partial charge in [-0.25, -0.2) is 4.99 Å². The van der Waals surface area contributed by atoms with Crippen molar-refractivity contribution < 1.29 is 0 Å². The Kier molecular flexibility index (Phi) is 5.23. The molecule has 1 unspecified atom stereocenters. The van der Waals surface area contributed by atoms with Crippen LogP contribution in [0.4, 0.5) is 5.69 Å². The molecule has 2 aromatic rings. The predicted octanol–water partition coefficient (Wildman–Crippen LogP) is 3.06. The Labute approximate surface area is 142 Å². The van der Waals surface area contributed by atoms with Crippen molar-refractivity contribution in [2.24, 2.45) is 4.99 Å². The summed E-state index contributed by atoms with van der Waals surface area (Å²) in [5.74, 6) is 0.886. The Morgan fingerprint density at radius 2 is 2.00 bits per heavy atom. The van der Waals surface area contributed by atoms with Gasteiger partial charge >= 0.3 is 0 Å². The molecule has 0 spiro atoms. The molecule has 5 heteroatoms. The third-order valence-electron chi connectivity index (χ3n) is 3.87. The molecule has 0 saturated heterocycles. The van der Waals surface area contributed by atoms with Crippen molar-refractivity contribution in [3.8, 4) is 0 Å². The van der Waals surface area contributed by atoms with Gasteiger partial charge in [0.05, 0.1) is 0 Å². The van der Waals surface area contributed by atoms with Crippen molar-refractivity contribution in [3.05, 3.63) is 71.7 Å². The van der Waals surface area contributed by atoms with Crippen molar-refractivity contribution in [1.82, 2.24) is 15.6 Å². The summed E-state index contributed by atoms with van der Waals surface area (Å²) in [7, 11) is 0. The van der Waals surface area contributed by atoms with Crippen LogP contribution in [0, 0.1) is 0 Å². The van der Waals surface area contributed by atoms with Crippen LogP contribution < -0.4 is 16.0 Å². The fraction of sp³-hybridized carbons (Fsp3) is 0.263. The Bertz CT molecular complexity index is 736. The normalized spacial score (nSPS) is 16.8. The van der Waals surface area contributed by atoms with E-state index < -0.39 is 0 Å². The minimum Gasteiger partial charge on any atom is -0.359 e. The van der Waals surface area contributed by atoms with Crippen LogP contribution in [0.2, 0.25) is 0 Å². The van der Waals surface area contributed by atoms with Gasteiger partial charge in [0.15, 0.2) is 0 Å². The first-order chi connectivity index (χ1) is 11.8. The Morgan fingerprint density at radius 1 is 1.21 bits per heavy atom. The average molecular weight is 321 g/mol. The maximum Gasteiger partial charge on any atom is 0.147 e. The number of nitrogens with one attached hydrogen (secondary N) is 3. The molecule has 5 nitrogen and oxygen atoms in total. The van der Waals surface area contributed by atoms with Gasteiger partial charge in [-0.1, -0.05) is 25.1 Å². The van der Waals surface area contributed by atoms with Gasteiger partial charge in [0, 0.05) is 35.9 Å². The van der Waals surface area contributed by atoms with Gasteiger partial charge in [-0.05, 0) is 43.3 Å². The minimum atomic E-state index is -0.119. The van der Waals surface area contributed by atoms with Gasteiger partial charge in [-0.15, -0.1) is 0 Å². The summed E-state index contributed by atoms with van der Waals surface area (Å²) in [6.07, 6.45) is 5.61. The van der Waals surface area contributed by atoms with Crippen molar-refractivity contribution in [2.45, 2.75) is 20.0 Å². The molecule has 0 aliphatic carbocycles. The second-order valence-corrected chi connectivity index (χ2v) is 5.67. The highest BCUT2D eigenvalue weighted by molar-refractivity contribution is 6.05. The molecule has 24 heavy (non-hydrogen) atoms. The fourth-order valence-electron chi connectivity index (χ4n) is 2.60. The standard InChI is InChI=1S/C19H23N5/c1-3-20-11-8-14(2)22-19-16-6-4-5-7-17(16)23-18(24-19)15-9-12-21-13-10-15/h4-10,12-13,18,20,23H,3,11H2,1-2H3,(H,22,24)/b14-8+. The summed E-state index contributed by atoms with van der Waals surface area (Å²) in [5, 5.41) is 10.2. The van der Waals surface area contributed by atoms with E-state index in [0.717, 1.165) is 41.4 Å². The van der Waals surface area contributed by atoms with E-state index in [2.05, 4.69) is 53.0 Å². The van der Waals surface area contributed by atoms with Crippen LogP contribution >= 0.6 is 0 Å². The first kappa shape index (κ1) is 16.2. The second kappa shape index (κ2) is 7.75. The molecule has 3 N–H and O–H groups in total. The summed E-state index contributed by atoms with van der Waals surface area (Å²) < 4.78 is 0. The number of likely N-dealkylation sites (N-methyl/N-ethyl adjacent to an activating group) is 1. The molecule has 0 fully saturated rings. The van der Waals surface area contributed by atoms with E-state index in [1.807, 2.05) is 24.3 Å². The number of anilines is 1. The summed E-state index contributed by atoms with van der Waals surface area (Å²) >= 11 is 0. The number of benzene rings is 1. The zero-order chi connectivity index (χ0) is 16.8. The largest absolute Gasteiger partial charge is 0.359 e. The van der Waals surface area contributed by atoms with Crippen molar-refractivity contribution in [3.63, 3.8) is 0 Å².